The second-order valence-corrected chi connectivity index (χ2v) is 6.92. The molecule has 2 aliphatic rings. The molecular formula is C16H16N4O2S. The minimum Gasteiger partial charge on any atom is -0.324 e. The van der Waals surface area contributed by atoms with E-state index in [0.717, 1.165) is 34.8 Å². The van der Waals surface area contributed by atoms with E-state index in [-0.39, 0.29) is 18.2 Å². The Labute approximate surface area is 137 Å². The van der Waals surface area contributed by atoms with E-state index in [9.17, 15) is 9.59 Å². The number of nitrogens with one attached hydrogen (secondary N) is 2. The van der Waals surface area contributed by atoms with Crippen molar-refractivity contribution in [2.24, 2.45) is 0 Å². The Hall–Kier alpha value is -2.28. The average Bonchev–Trinajstić information content (AvgIpc) is 3.04. The van der Waals surface area contributed by atoms with Gasteiger partial charge in [0.1, 0.15) is 0 Å². The van der Waals surface area contributed by atoms with Crippen LogP contribution in [0.5, 0.6) is 0 Å². The first-order valence-corrected chi connectivity index (χ1v) is 8.49. The van der Waals surface area contributed by atoms with Crippen LogP contribution in [0.1, 0.15) is 18.5 Å². The summed E-state index contributed by atoms with van der Waals surface area (Å²) in [4.78, 5) is 27.7. The van der Waals surface area contributed by atoms with Crippen molar-refractivity contribution < 1.29 is 9.59 Å². The fourth-order valence-electron chi connectivity index (χ4n) is 3.01. The molecule has 3 heterocycles. The lowest BCUT2D eigenvalue weighted by Gasteiger charge is -2.29. The fraction of sp³-hybridized carbons (Fsp3) is 0.312. The molecule has 2 amide bonds. The standard InChI is InChI=1S/C16H16N4O2S/c21-15(20-7-3-5-10-12(20)9-17-19-10)8-14-16(22)18-11-4-1-2-6-13(11)23-14/h1-2,4,6,9,14H,3,5,7-8H2,(H,17,19)(H,18,22). The van der Waals surface area contributed by atoms with E-state index in [0.29, 0.717) is 6.54 Å². The Morgan fingerprint density at radius 2 is 2.26 bits per heavy atom. The number of H-pyrrole nitrogens is 1. The summed E-state index contributed by atoms with van der Waals surface area (Å²) >= 11 is 1.46. The van der Waals surface area contributed by atoms with E-state index in [1.807, 2.05) is 24.3 Å². The molecule has 2 aliphatic heterocycles. The quantitative estimate of drug-likeness (QED) is 0.886. The topological polar surface area (TPSA) is 78.1 Å². The lowest BCUT2D eigenvalue weighted by atomic mass is 10.1. The summed E-state index contributed by atoms with van der Waals surface area (Å²) in [7, 11) is 0. The van der Waals surface area contributed by atoms with E-state index in [2.05, 4.69) is 15.5 Å². The monoisotopic (exact) mass is 328 g/mol. The van der Waals surface area contributed by atoms with Gasteiger partial charge in [0.2, 0.25) is 11.8 Å². The first-order valence-electron chi connectivity index (χ1n) is 7.61. The third kappa shape index (κ3) is 2.61. The molecule has 0 fully saturated rings. The number of anilines is 2. The molecule has 0 bridgehead atoms. The number of para-hydroxylation sites is 1. The molecule has 0 saturated heterocycles. The average molecular weight is 328 g/mol. The molecule has 118 valence electrons. The molecule has 6 nitrogen and oxygen atoms in total. The number of nitrogens with zero attached hydrogens (tertiary/aromatic N) is 2. The van der Waals surface area contributed by atoms with Crippen LogP contribution in [0.2, 0.25) is 0 Å². The predicted molar refractivity (Wildman–Crippen MR) is 88.6 cm³/mol. The van der Waals surface area contributed by atoms with Crippen molar-refractivity contribution in [3.63, 3.8) is 0 Å². The smallest absolute Gasteiger partial charge is 0.238 e. The summed E-state index contributed by atoms with van der Waals surface area (Å²) in [5.41, 5.74) is 2.67. The second-order valence-electron chi connectivity index (χ2n) is 5.68. The van der Waals surface area contributed by atoms with Crippen LogP contribution in [0.15, 0.2) is 35.4 Å². The van der Waals surface area contributed by atoms with Gasteiger partial charge in [-0.1, -0.05) is 12.1 Å². The number of aryl methyl sites for hydroxylation is 1. The summed E-state index contributed by atoms with van der Waals surface area (Å²) in [5.74, 6) is -0.133. The Bertz CT molecular complexity index is 773. The van der Waals surface area contributed by atoms with E-state index < -0.39 is 5.25 Å². The van der Waals surface area contributed by atoms with E-state index in [1.165, 1.54) is 11.8 Å². The van der Waals surface area contributed by atoms with E-state index >= 15 is 0 Å². The van der Waals surface area contributed by atoms with Crippen molar-refractivity contribution in [2.75, 3.05) is 16.8 Å². The molecule has 1 atom stereocenters. The van der Waals surface area contributed by atoms with Crippen LogP contribution in [0.25, 0.3) is 0 Å². The molecule has 4 rings (SSSR count). The highest BCUT2D eigenvalue weighted by Crippen LogP contribution is 2.37. The van der Waals surface area contributed by atoms with Gasteiger partial charge in [-0.2, -0.15) is 5.10 Å². The molecule has 1 aromatic carbocycles. The molecule has 1 aromatic heterocycles. The van der Waals surface area contributed by atoms with Crippen molar-refractivity contribution in [1.82, 2.24) is 10.2 Å². The number of amides is 2. The Balaban J connectivity index is 1.51. The minimum atomic E-state index is -0.394. The molecular weight excluding hydrogens is 312 g/mol. The molecule has 0 spiro atoms. The van der Waals surface area contributed by atoms with Gasteiger partial charge >= 0.3 is 0 Å². The maximum atomic E-state index is 12.7. The summed E-state index contributed by atoms with van der Waals surface area (Å²) in [6.07, 6.45) is 3.70. The molecule has 2 N–H and O–H groups in total. The zero-order chi connectivity index (χ0) is 15.8. The number of benzene rings is 1. The summed E-state index contributed by atoms with van der Waals surface area (Å²) < 4.78 is 0. The zero-order valence-corrected chi connectivity index (χ0v) is 13.2. The highest BCUT2D eigenvalue weighted by atomic mass is 32.2. The number of aromatic nitrogens is 2. The van der Waals surface area contributed by atoms with Crippen LogP contribution in [-0.4, -0.2) is 33.8 Å². The van der Waals surface area contributed by atoms with Gasteiger partial charge in [0.05, 0.1) is 28.5 Å². The number of rotatable bonds is 2. The first kappa shape index (κ1) is 14.3. The zero-order valence-electron chi connectivity index (χ0n) is 12.4. The molecule has 0 saturated carbocycles. The number of thioether (sulfide) groups is 1. The van der Waals surface area contributed by atoms with Crippen molar-refractivity contribution in [2.45, 2.75) is 29.4 Å². The molecule has 0 aliphatic carbocycles. The van der Waals surface area contributed by atoms with Crippen LogP contribution in [0.3, 0.4) is 0 Å². The van der Waals surface area contributed by atoms with Crippen LogP contribution < -0.4 is 10.2 Å². The van der Waals surface area contributed by atoms with Crippen molar-refractivity contribution in [3.05, 3.63) is 36.2 Å². The van der Waals surface area contributed by atoms with Crippen LogP contribution >= 0.6 is 11.8 Å². The van der Waals surface area contributed by atoms with Crippen LogP contribution in [0.4, 0.5) is 11.4 Å². The normalized spacial score (nSPS) is 19.7. The number of carbonyl (C=O) groups is 2. The van der Waals surface area contributed by atoms with Gasteiger partial charge in [0, 0.05) is 17.9 Å². The Kier molecular flexibility index (Phi) is 3.57. The van der Waals surface area contributed by atoms with E-state index in [4.69, 9.17) is 0 Å². The Morgan fingerprint density at radius 3 is 3.17 bits per heavy atom. The predicted octanol–water partition coefficient (Wildman–Crippen LogP) is 2.19. The summed E-state index contributed by atoms with van der Waals surface area (Å²) in [5, 5.41) is 9.45. The lowest BCUT2D eigenvalue weighted by molar-refractivity contribution is -0.122. The van der Waals surface area contributed by atoms with Crippen LogP contribution in [0, 0.1) is 0 Å². The molecule has 0 radical (unpaired) electrons. The summed E-state index contributed by atoms with van der Waals surface area (Å²) in [6, 6.07) is 7.66. The molecule has 1 unspecified atom stereocenters. The number of carbonyl (C=O) groups excluding carboxylic acids is 2. The van der Waals surface area contributed by atoms with Gasteiger partial charge < -0.3 is 10.2 Å². The van der Waals surface area contributed by atoms with Gasteiger partial charge in [-0.15, -0.1) is 11.8 Å². The Morgan fingerprint density at radius 1 is 1.39 bits per heavy atom. The first-order chi connectivity index (χ1) is 11.2. The van der Waals surface area contributed by atoms with Gasteiger partial charge in [0.25, 0.3) is 0 Å². The fourth-order valence-corrected chi connectivity index (χ4v) is 4.11. The molecule has 7 heteroatoms. The third-order valence-corrected chi connectivity index (χ3v) is 5.44. The van der Waals surface area contributed by atoms with Crippen LogP contribution in [-0.2, 0) is 16.0 Å². The number of hydrogen-bond donors (Lipinski definition) is 2. The SMILES string of the molecule is O=C1Nc2ccccc2SC1CC(=O)N1CCCc2[nH]ncc21. The van der Waals surface area contributed by atoms with Gasteiger partial charge in [0.15, 0.2) is 0 Å². The largest absolute Gasteiger partial charge is 0.324 e. The lowest BCUT2D eigenvalue weighted by Crippen LogP contribution is -2.39. The van der Waals surface area contributed by atoms with Gasteiger partial charge in [-0.3, -0.25) is 14.7 Å². The maximum absolute atomic E-state index is 12.7. The number of fused-ring (bicyclic) bond motifs is 2. The molecule has 2 aromatic rings. The van der Waals surface area contributed by atoms with Crippen molar-refractivity contribution in [1.29, 1.82) is 0 Å². The van der Waals surface area contributed by atoms with Gasteiger partial charge in [-0.05, 0) is 25.0 Å². The van der Waals surface area contributed by atoms with Crippen molar-refractivity contribution >= 4 is 35.0 Å². The van der Waals surface area contributed by atoms with Gasteiger partial charge in [-0.25, -0.2) is 0 Å². The highest BCUT2D eigenvalue weighted by Gasteiger charge is 2.32. The van der Waals surface area contributed by atoms with E-state index in [1.54, 1.807) is 11.1 Å². The second kappa shape index (κ2) is 5.73. The minimum absolute atomic E-state index is 0.0284. The number of hydrogen-bond acceptors (Lipinski definition) is 4. The molecule has 23 heavy (non-hydrogen) atoms. The third-order valence-electron chi connectivity index (χ3n) is 4.16. The highest BCUT2D eigenvalue weighted by molar-refractivity contribution is 8.01. The maximum Gasteiger partial charge on any atom is 0.238 e. The number of aromatic amines is 1. The van der Waals surface area contributed by atoms with Crippen molar-refractivity contribution in [3.8, 4) is 0 Å². The summed E-state index contributed by atoms with van der Waals surface area (Å²) in [6.45, 7) is 0.682.